The number of aromatic nitrogens is 3. The van der Waals surface area contributed by atoms with Gasteiger partial charge in [0.25, 0.3) is 5.91 Å². The van der Waals surface area contributed by atoms with Crippen LogP contribution in [-0.2, 0) is 4.74 Å². The maximum atomic E-state index is 13.0. The Kier molecular flexibility index (Phi) is 6.50. The predicted octanol–water partition coefficient (Wildman–Crippen LogP) is 3.88. The average Bonchev–Trinajstić information content (AvgIpc) is 2.91. The molecule has 1 aliphatic rings. The normalized spacial score (nSPS) is 13.4. The molecule has 2 aromatic heterocycles. The Morgan fingerprint density at radius 1 is 1.08 bits per heavy atom. The number of amides is 1. The molecule has 3 N–H and O–H groups in total. The Morgan fingerprint density at radius 3 is 2.72 bits per heavy atom. The molecule has 5 rings (SSSR count). The van der Waals surface area contributed by atoms with Gasteiger partial charge in [-0.3, -0.25) is 4.79 Å². The topological polar surface area (TPSA) is 122 Å². The minimum absolute atomic E-state index is 0.00318. The van der Waals surface area contributed by atoms with E-state index in [-0.39, 0.29) is 11.7 Å². The molecule has 1 saturated heterocycles. The third kappa shape index (κ3) is 4.84. The average molecular weight is 487 g/mol. The lowest BCUT2D eigenvalue weighted by Crippen LogP contribution is -2.36. The molecule has 1 fully saturated rings. The van der Waals surface area contributed by atoms with Crippen LogP contribution in [0.5, 0.6) is 11.5 Å². The molecule has 10 nitrogen and oxygen atoms in total. The molecule has 184 valence electrons. The molecule has 0 unspecified atom stereocenters. The molecule has 1 aliphatic heterocycles. The van der Waals surface area contributed by atoms with Gasteiger partial charge in [0.2, 0.25) is 0 Å². The van der Waals surface area contributed by atoms with Crippen molar-refractivity contribution in [2.45, 2.75) is 6.92 Å². The van der Waals surface area contributed by atoms with Crippen LogP contribution in [0.2, 0.25) is 0 Å². The number of phenolic OH excluding ortho intramolecular Hbond substituents is 1. The van der Waals surface area contributed by atoms with E-state index in [2.05, 4.69) is 30.5 Å². The molecule has 3 heterocycles. The van der Waals surface area contributed by atoms with Gasteiger partial charge in [-0.15, -0.1) is 0 Å². The van der Waals surface area contributed by atoms with E-state index in [9.17, 15) is 9.90 Å². The summed E-state index contributed by atoms with van der Waals surface area (Å²) in [7, 11) is 1.49. The standard InChI is InChI=1S/C26H26N6O4/c1-16-3-4-18(30-26(34)17-5-6-27-24(11-17)32-7-9-36-10-8-32)12-20(16)31-25-19-13-23(35-2)22(33)14-21(19)28-15-29-25/h3-6,11-15,33H,7-10H2,1-2H3,(H,30,34)(H,28,29,31). The fourth-order valence-electron chi connectivity index (χ4n) is 4.03. The van der Waals surface area contributed by atoms with E-state index in [0.717, 1.165) is 30.2 Å². The highest BCUT2D eigenvalue weighted by Crippen LogP contribution is 2.34. The number of carbonyl (C=O) groups is 1. The van der Waals surface area contributed by atoms with Crippen molar-refractivity contribution < 1.29 is 19.4 Å². The maximum absolute atomic E-state index is 13.0. The number of pyridine rings is 1. The zero-order valence-corrected chi connectivity index (χ0v) is 20.0. The van der Waals surface area contributed by atoms with Crippen LogP contribution in [0, 0.1) is 6.92 Å². The summed E-state index contributed by atoms with van der Waals surface area (Å²) in [5.41, 5.74) is 3.45. The number of carbonyl (C=O) groups excluding carboxylic acids is 1. The highest BCUT2D eigenvalue weighted by Gasteiger charge is 2.16. The molecular formula is C26H26N6O4. The third-order valence-corrected chi connectivity index (χ3v) is 6.03. The van der Waals surface area contributed by atoms with Crippen molar-refractivity contribution in [3.8, 4) is 11.5 Å². The van der Waals surface area contributed by atoms with Gasteiger partial charge in [0.05, 0.1) is 25.8 Å². The van der Waals surface area contributed by atoms with Gasteiger partial charge < -0.3 is 30.1 Å². The predicted molar refractivity (Wildman–Crippen MR) is 137 cm³/mol. The second-order valence-electron chi connectivity index (χ2n) is 8.37. The number of hydrogen-bond donors (Lipinski definition) is 3. The zero-order chi connectivity index (χ0) is 25.1. The van der Waals surface area contributed by atoms with Gasteiger partial charge in [-0.1, -0.05) is 6.07 Å². The summed E-state index contributed by atoms with van der Waals surface area (Å²) in [4.78, 5) is 28.1. The van der Waals surface area contributed by atoms with E-state index in [1.165, 1.54) is 19.5 Å². The van der Waals surface area contributed by atoms with E-state index >= 15 is 0 Å². The first-order valence-corrected chi connectivity index (χ1v) is 11.5. The Balaban J connectivity index is 1.38. The van der Waals surface area contributed by atoms with Crippen molar-refractivity contribution in [3.05, 3.63) is 66.1 Å². The van der Waals surface area contributed by atoms with Crippen LogP contribution in [0.15, 0.2) is 55.0 Å². The molecule has 2 aromatic carbocycles. The minimum Gasteiger partial charge on any atom is -0.504 e. The first-order valence-electron chi connectivity index (χ1n) is 11.5. The number of benzene rings is 2. The molecule has 0 spiro atoms. The van der Waals surface area contributed by atoms with Crippen molar-refractivity contribution in [3.63, 3.8) is 0 Å². The fraction of sp³-hybridized carbons (Fsp3) is 0.231. The summed E-state index contributed by atoms with van der Waals surface area (Å²) < 4.78 is 10.6. The summed E-state index contributed by atoms with van der Waals surface area (Å²) in [5, 5.41) is 17.1. The lowest BCUT2D eigenvalue weighted by atomic mass is 10.1. The smallest absolute Gasteiger partial charge is 0.255 e. The molecule has 0 radical (unpaired) electrons. The van der Waals surface area contributed by atoms with Crippen LogP contribution in [0.4, 0.5) is 23.0 Å². The van der Waals surface area contributed by atoms with Crippen LogP contribution in [0.3, 0.4) is 0 Å². The minimum atomic E-state index is -0.227. The van der Waals surface area contributed by atoms with E-state index in [0.29, 0.717) is 46.9 Å². The number of hydrogen-bond acceptors (Lipinski definition) is 9. The Labute approximate surface area is 207 Å². The van der Waals surface area contributed by atoms with Crippen molar-refractivity contribution in [2.24, 2.45) is 0 Å². The van der Waals surface area contributed by atoms with Crippen LogP contribution >= 0.6 is 0 Å². The lowest BCUT2D eigenvalue weighted by Gasteiger charge is -2.27. The molecule has 1 amide bonds. The van der Waals surface area contributed by atoms with Gasteiger partial charge in [0.15, 0.2) is 11.5 Å². The number of morpholine rings is 1. The summed E-state index contributed by atoms with van der Waals surface area (Å²) in [5.74, 6) is 1.41. The molecule has 0 bridgehead atoms. The Bertz CT molecular complexity index is 1420. The van der Waals surface area contributed by atoms with Gasteiger partial charge >= 0.3 is 0 Å². The number of anilines is 4. The van der Waals surface area contributed by atoms with Crippen LogP contribution < -0.4 is 20.3 Å². The van der Waals surface area contributed by atoms with E-state index in [4.69, 9.17) is 9.47 Å². The SMILES string of the molecule is COc1cc2c(Nc3cc(NC(=O)c4ccnc(N5CCOCC5)c4)ccc3C)ncnc2cc1O. The highest BCUT2D eigenvalue weighted by molar-refractivity contribution is 6.05. The Hall–Kier alpha value is -4.44. The zero-order valence-electron chi connectivity index (χ0n) is 20.0. The number of nitrogens with one attached hydrogen (secondary N) is 2. The molecule has 10 heteroatoms. The first-order chi connectivity index (χ1) is 17.5. The molecule has 36 heavy (non-hydrogen) atoms. The van der Waals surface area contributed by atoms with Gasteiger partial charge in [-0.25, -0.2) is 15.0 Å². The van der Waals surface area contributed by atoms with Gasteiger partial charge in [0.1, 0.15) is 18.0 Å². The third-order valence-electron chi connectivity index (χ3n) is 6.03. The molecule has 4 aromatic rings. The second-order valence-corrected chi connectivity index (χ2v) is 8.37. The molecular weight excluding hydrogens is 460 g/mol. The number of fused-ring (bicyclic) bond motifs is 1. The van der Waals surface area contributed by atoms with Gasteiger partial charge in [0, 0.05) is 47.7 Å². The summed E-state index contributed by atoms with van der Waals surface area (Å²) in [6.07, 6.45) is 3.07. The lowest BCUT2D eigenvalue weighted by molar-refractivity contribution is 0.102. The maximum Gasteiger partial charge on any atom is 0.255 e. The number of nitrogens with zero attached hydrogens (tertiary/aromatic N) is 4. The van der Waals surface area contributed by atoms with Crippen LogP contribution in [-0.4, -0.2) is 59.4 Å². The molecule has 0 atom stereocenters. The number of rotatable bonds is 6. The highest BCUT2D eigenvalue weighted by atomic mass is 16.5. The second kappa shape index (κ2) is 10.0. The monoisotopic (exact) mass is 486 g/mol. The first kappa shape index (κ1) is 23.3. The van der Waals surface area contributed by atoms with Gasteiger partial charge in [-0.2, -0.15) is 0 Å². The molecule has 0 aliphatic carbocycles. The van der Waals surface area contributed by atoms with E-state index < -0.39 is 0 Å². The number of aromatic hydroxyl groups is 1. The Morgan fingerprint density at radius 2 is 1.92 bits per heavy atom. The quantitative estimate of drug-likeness (QED) is 0.373. The van der Waals surface area contributed by atoms with E-state index in [1.54, 1.807) is 24.4 Å². The fourth-order valence-corrected chi connectivity index (χ4v) is 4.03. The van der Waals surface area contributed by atoms with Gasteiger partial charge in [-0.05, 0) is 42.8 Å². The number of ether oxygens (including phenoxy) is 2. The summed E-state index contributed by atoms with van der Waals surface area (Å²) >= 11 is 0. The number of methoxy groups -OCH3 is 1. The van der Waals surface area contributed by atoms with Crippen molar-refractivity contribution >= 4 is 39.8 Å². The largest absolute Gasteiger partial charge is 0.504 e. The summed E-state index contributed by atoms with van der Waals surface area (Å²) in [6, 6.07) is 12.3. The van der Waals surface area contributed by atoms with E-state index in [1.807, 2.05) is 25.1 Å². The summed E-state index contributed by atoms with van der Waals surface area (Å²) in [6.45, 7) is 4.74. The number of aryl methyl sites for hydroxylation is 1. The van der Waals surface area contributed by atoms with Crippen molar-refractivity contribution in [1.82, 2.24) is 15.0 Å². The molecule has 0 saturated carbocycles. The van der Waals surface area contributed by atoms with Crippen LogP contribution in [0.1, 0.15) is 15.9 Å². The van der Waals surface area contributed by atoms with Crippen molar-refractivity contribution in [2.75, 3.05) is 48.9 Å². The number of phenols is 1. The van der Waals surface area contributed by atoms with Crippen LogP contribution in [0.25, 0.3) is 10.9 Å². The van der Waals surface area contributed by atoms with Crippen molar-refractivity contribution in [1.29, 1.82) is 0 Å².